The van der Waals surface area contributed by atoms with Gasteiger partial charge in [-0.3, -0.25) is 9.59 Å². The van der Waals surface area contributed by atoms with Crippen molar-refractivity contribution in [3.05, 3.63) is 11.3 Å². The summed E-state index contributed by atoms with van der Waals surface area (Å²) in [5.41, 5.74) is -0.575. The molecule has 0 aromatic heterocycles. The Balaban J connectivity index is 1.76. The zero-order valence-electron chi connectivity index (χ0n) is 11.6. The van der Waals surface area contributed by atoms with Gasteiger partial charge in [0, 0.05) is 26.1 Å². The second-order valence-electron chi connectivity index (χ2n) is 4.95. The maximum atomic E-state index is 11.9. The standard InChI is InChI=1S/C13H18N2O6/c16-9-8-15(12(18)11(9)13(19)20)3-1-2-10(17)14-4-6-21-7-5-14/h16H,1-8H2,(H,19,20). The van der Waals surface area contributed by atoms with E-state index in [2.05, 4.69) is 0 Å². The third kappa shape index (κ3) is 3.52. The lowest BCUT2D eigenvalue weighted by molar-refractivity contribution is -0.138. The first-order chi connectivity index (χ1) is 10.0. The zero-order chi connectivity index (χ0) is 15.4. The first kappa shape index (κ1) is 15.3. The van der Waals surface area contributed by atoms with Gasteiger partial charge in [0.05, 0.1) is 19.8 Å². The maximum absolute atomic E-state index is 11.9. The number of morpholine rings is 1. The van der Waals surface area contributed by atoms with Gasteiger partial charge in [-0.2, -0.15) is 0 Å². The lowest BCUT2D eigenvalue weighted by atomic mass is 10.2. The molecule has 0 aliphatic carbocycles. The van der Waals surface area contributed by atoms with E-state index in [4.69, 9.17) is 9.84 Å². The Kier molecular flexibility index (Phi) is 4.79. The van der Waals surface area contributed by atoms with Gasteiger partial charge in [0.2, 0.25) is 5.91 Å². The van der Waals surface area contributed by atoms with Crippen LogP contribution < -0.4 is 0 Å². The van der Waals surface area contributed by atoms with Crippen molar-refractivity contribution >= 4 is 17.8 Å². The summed E-state index contributed by atoms with van der Waals surface area (Å²) in [7, 11) is 0. The quantitative estimate of drug-likeness (QED) is 0.654. The zero-order valence-corrected chi connectivity index (χ0v) is 11.6. The van der Waals surface area contributed by atoms with Crippen LogP contribution in [0.4, 0.5) is 0 Å². The second kappa shape index (κ2) is 6.57. The van der Waals surface area contributed by atoms with Crippen molar-refractivity contribution < 1.29 is 29.3 Å². The molecule has 2 heterocycles. The Morgan fingerprint density at radius 1 is 1.24 bits per heavy atom. The van der Waals surface area contributed by atoms with Gasteiger partial charge in [0.25, 0.3) is 5.91 Å². The molecular formula is C13H18N2O6. The predicted octanol–water partition coefficient (Wildman–Crippen LogP) is -0.636. The number of nitrogens with zero attached hydrogens (tertiary/aromatic N) is 2. The van der Waals surface area contributed by atoms with Crippen LogP contribution in [0.25, 0.3) is 0 Å². The number of aliphatic hydroxyl groups excluding tert-OH is 1. The summed E-state index contributed by atoms with van der Waals surface area (Å²) in [6.45, 7) is 2.37. The molecule has 8 heteroatoms. The molecule has 0 saturated carbocycles. The number of hydrogen-bond donors (Lipinski definition) is 2. The van der Waals surface area contributed by atoms with Crippen molar-refractivity contribution in [2.24, 2.45) is 0 Å². The molecule has 1 saturated heterocycles. The molecule has 2 aliphatic heterocycles. The Labute approximate surface area is 121 Å². The Morgan fingerprint density at radius 2 is 1.90 bits per heavy atom. The van der Waals surface area contributed by atoms with E-state index in [1.165, 1.54) is 4.90 Å². The van der Waals surface area contributed by atoms with Crippen molar-refractivity contribution in [2.75, 3.05) is 39.4 Å². The molecule has 0 atom stereocenters. The fraction of sp³-hybridized carbons (Fsp3) is 0.615. The normalized spacial score (nSPS) is 19.3. The number of amides is 2. The summed E-state index contributed by atoms with van der Waals surface area (Å²) in [6.07, 6.45) is 0.717. The number of carbonyl (C=O) groups is 3. The van der Waals surface area contributed by atoms with Crippen LogP contribution in [0.2, 0.25) is 0 Å². The number of ether oxygens (including phenoxy) is 1. The van der Waals surface area contributed by atoms with Crippen LogP contribution >= 0.6 is 0 Å². The number of carboxylic acids is 1. The Bertz CT molecular complexity index is 481. The average Bonchev–Trinajstić information content (AvgIpc) is 2.74. The number of carbonyl (C=O) groups excluding carboxylic acids is 2. The maximum Gasteiger partial charge on any atom is 0.344 e. The van der Waals surface area contributed by atoms with Crippen LogP contribution in [-0.2, 0) is 19.1 Å². The monoisotopic (exact) mass is 298 g/mol. The van der Waals surface area contributed by atoms with Crippen LogP contribution in [0.5, 0.6) is 0 Å². The van der Waals surface area contributed by atoms with Crippen molar-refractivity contribution in [1.29, 1.82) is 0 Å². The van der Waals surface area contributed by atoms with E-state index >= 15 is 0 Å². The largest absolute Gasteiger partial charge is 0.509 e. The number of hydrogen-bond acceptors (Lipinski definition) is 5. The topological polar surface area (TPSA) is 107 Å². The van der Waals surface area contributed by atoms with Crippen LogP contribution in [0.15, 0.2) is 11.3 Å². The summed E-state index contributed by atoms with van der Waals surface area (Å²) >= 11 is 0. The SMILES string of the molecule is O=C(O)C1=C(O)CN(CCCC(=O)N2CCOCC2)C1=O. The van der Waals surface area contributed by atoms with Crippen LogP contribution in [0, 0.1) is 0 Å². The van der Waals surface area contributed by atoms with Crippen molar-refractivity contribution in [2.45, 2.75) is 12.8 Å². The molecule has 0 unspecified atom stereocenters. The van der Waals surface area contributed by atoms with Crippen LogP contribution in [0.1, 0.15) is 12.8 Å². The van der Waals surface area contributed by atoms with Gasteiger partial charge in [0.15, 0.2) is 5.57 Å². The highest BCUT2D eigenvalue weighted by atomic mass is 16.5. The van der Waals surface area contributed by atoms with Gasteiger partial charge in [-0.05, 0) is 6.42 Å². The van der Waals surface area contributed by atoms with Gasteiger partial charge >= 0.3 is 5.97 Å². The summed E-state index contributed by atoms with van der Waals surface area (Å²) in [5, 5.41) is 18.3. The summed E-state index contributed by atoms with van der Waals surface area (Å²) in [5.74, 6) is -2.55. The molecule has 0 spiro atoms. The van der Waals surface area contributed by atoms with Gasteiger partial charge in [-0.1, -0.05) is 0 Å². The average molecular weight is 298 g/mol. The lowest BCUT2D eigenvalue weighted by Gasteiger charge is -2.27. The van der Waals surface area contributed by atoms with Gasteiger partial charge in [-0.25, -0.2) is 4.79 Å². The molecule has 8 nitrogen and oxygen atoms in total. The second-order valence-corrected chi connectivity index (χ2v) is 4.95. The van der Waals surface area contributed by atoms with Crippen molar-refractivity contribution in [1.82, 2.24) is 9.80 Å². The van der Waals surface area contributed by atoms with Gasteiger partial charge in [0.1, 0.15) is 5.76 Å². The lowest BCUT2D eigenvalue weighted by Crippen LogP contribution is -2.41. The predicted molar refractivity (Wildman–Crippen MR) is 70.5 cm³/mol. The first-order valence-corrected chi connectivity index (χ1v) is 6.81. The van der Waals surface area contributed by atoms with Crippen molar-refractivity contribution in [3.8, 4) is 0 Å². The number of aliphatic carboxylic acids is 1. The molecule has 0 bridgehead atoms. The van der Waals surface area contributed by atoms with E-state index < -0.39 is 23.2 Å². The molecule has 0 radical (unpaired) electrons. The minimum Gasteiger partial charge on any atom is -0.509 e. The fourth-order valence-electron chi connectivity index (χ4n) is 2.40. The Morgan fingerprint density at radius 3 is 2.48 bits per heavy atom. The third-order valence-electron chi connectivity index (χ3n) is 3.53. The number of carboxylic acid groups (broad SMARTS) is 1. The number of aliphatic hydroxyl groups is 1. The van der Waals surface area contributed by atoms with E-state index in [-0.39, 0.29) is 25.4 Å². The van der Waals surface area contributed by atoms with Gasteiger partial charge in [-0.15, -0.1) is 0 Å². The molecule has 2 aliphatic rings. The highest BCUT2D eigenvalue weighted by Crippen LogP contribution is 2.18. The molecule has 2 rings (SSSR count). The molecule has 0 aromatic rings. The molecule has 21 heavy (non-hydrogen) atoms. The highest BCUT2D eigenvalue weighted by molar-refractivity contribution is 6.17. The van der Waals surface area contributed by atoms with E-state index in [9.17, 15) is 19.5 Å². The van der Waals surface area contributed by atoms with Crippen molar-refractivity contribution in [3.63, 3.8) is 0 Å². The molecule has 2 N–H and O–H groups in total. The number of rotatable bonds is 5. The van der Waals surface area contributed by atoms with Crippen LogP contribution in [0.3, 0.4) is 0 Å². The minimum atomic E-state index is -1.43. The summed E-state index contributed by atoms with van der Waals surface area (Å²) < 4.78 is 5.16. The molecular weight excluding hydrogens is 280 g/mol. The van der Waals surface area contributed by atoms with E-state index in [1.807, 2.05) is 0 Å². The third-order valence-corrected chi connectivity index (χ3v) is 3.53. The molecule has 116 valence electrons. The summed E-state index contributed by atoms with van der Waals surface area (Å²) in [4.78, 5) is 37.4. The van der Waals surface area contributed by atoms with E-state index in [0.29, 0.717) is 32.7 Å². The molecule has 2 amide bonds. The minimum absolute atomic E-state index is 0.000542. The smallest absolute Gasteiger partial charge is 0.344 e. The highest BCUT2D eigenvalue weighted by Gasteiger charge is 2.34. The van der Waals surface area contributed by atoms with E-state index in [0.717, 1.165) is 0 Å². The fourth-order valence-corrected chi connectivity index (χ4v) is 2.40. The molecule has 1 fully saturated rings. The van der Waals surface area contributed by atoms with Gasteiger partial charge < -0.3 is 24.7 Å². The first-order valence-electron chi connectivity index (χ1n) is 6.81. The van der Waals surface area contributed by atoms with Crippen LogP contribution in [-0.4, -0.2) is 77.2 Å². The van der Waals surface area contributed by atoms with E-state index in [1.54, 1.807) is 4.90 Å². The molecule has 0 aromatic carbocycles. The summed E-state index contributed by atoms with van der Waals surface area (Å²) in [6, 6.07) is 0. The Hall–Kier alpha value is -2.09.